The van der Waals surface area contributed by atoms with Crippen molar-refractivity contribution >= 4 is 30.7 Å². The second kappa shape index (κ2) is 10.4. The number of hydrogen-bond acceptors (Lipinski definition) is 4. The summed E-state index contributed by atoms with van der Waals surface area (Å²) in [6, 6.07) is 15.5. The number of nitrogens with zero attached hydrogens (tertiary/aromatic N) is 3. The molecule has 1 aromatic carbocycles. The van der Waals surface area contributed by atoms with Gasteiger partial charge in [-0.25, -0.2) is 0 Å². The van der Waals surface area contributed by atoms with Crippen molar-refractivity contribution in [3.8, 4) is 0 Å². The molecule has 0 saturated carbocycles. The standard InChI is InChI=1S/C21H23N5O.2ClH/c1-26-14-16(11-24-26)17-12-22-13-18(17)21(27)25-20(15-7-3-2-4-8-15)19-9-5-6-10-23-19;;/h2-11,14,17-18,20,22H,12-13H2,1H3,(H,25,27);2*1H/t17-,18+,20?;;/m1../s1. The van der Waals surface area contributed by atoms with Crippen LogP contribution in [0.4, 0.5) is 0 Å². The fraction of sp³-hybridized carbons (Fsp3) is 0.286. The molecule has 1 unspecified atom stereocenters. The van der Waals surface area contributed by atoms with E-state index in [1.54, 1.807) is 10.9 Å². The van der Waals surface area contributed by atoms with Gasteiger partial charge in [0.05, 0.1) is 23.9 Å². The Kier molecular flexibility index (Phi) is 8.20. The van der Waals surface area contributed by atoms with Crippen molar-refractivity contribution in [3.05, 3.63) is 83.9 Å². The largest absolute Gasteiger partial charge is 0.343 e. The lowest BCUT2D eigenvalue weighted by atomic mass is 9.89. The molecule has 6 nitrogen and oxygen atoms in total. The van der Waals surface area contributed by atoms with Gasteiger partial charge in [-0.15, -0.1) is 24.8 Å². The Balaban J connectivity index is 0.00000150. The van der Waals surface area contributed by atoms with E-state index in [4.69, 9.17) is 0 Å². The number of halogens is 2. The minimum absolute atomic E-state index is 0. The van der Waals surface area contributed by atoms with Crippen molar-refractivity contribution in [2.24, 2.45) is 13.0 Å². The van der Waals surface area contributed by atoms with Gasteiger partial charge in [-0.05, 0) is 23.3 Å². The van der Waals surface area contributed by atoms with Crippen molar-refractivity contribution in [2.75, 3.05) is 13.1 Å². The van der Waals surface area contributed by atoms with Crippen molar-refractivity contribution < 1.29 is 4.79 Å². The highest BCUT2D eigenvalue weighted by molar-refractivity contribution is 5.85. The van der Waals surface area contributed by atoms with Gasteiger partial charge in [-0.3, -0.25) is 14.5 Å². The lowest BCUT2D eigenvalue weighted by molar-refractivity contribution is -0.125. The Morgan fingerprint density at radius 2 is 1.90 bits per heavy atom. The van der Waals surface area contributed by atoms with Gasteiger partial charge in [-0.2, -0.15) is 5.10 Å². The number of aromatic nitrogens is 3. The summed E-state index contributed by atoms with van der Waals surface area (Å²) >= 11 is 0. The molecule has 1 fully saturated rings. The number of amides is 1. The summed E-state index contributed by atoms with van der Waals surface area (Å²) in [4.78, 5) is 17.7. The molecule has 3 aromatic rings. The molecular formula is C21H25Cl2N5O. The maximum atomic E-state index is 13.2. The molecule has 1 saturated heterocycles. The van der Waals surface area contributed by atoms with Crippen LogP contribution in [-0.4, -0.2) is 33.8 Å². The molecule has 0 bridgehead atoms. The van der Waals surface area contributed by atoms with Crippen molar-refractivity contribution in [3.63, 3.8) is 0 Å². The molecule has 8 heteroatoms. The first-order chi connectivity index (χ1) is 13.2. The van der Waals surface area contributed by atoms with Gasteiger partial charge < -0.3 is 10.6 Å². The van der Waals surface area contributed by atoms with Crippen LogP contribution in [-0.2, 0) is 11.8 Å². The molecule has 1 aliphatic heterocycles. The van der Waals surface area contributed by atoms with Gasteiger partial charge in [-0.1, -0.05) is 36.4 Å². The minimum atomic E-state index is -0.268. The second-order valence-electron chi connectivity index (χ2n) is 6.93. The summed E-state index contributed by atoms with van der Waals surface area (Å²) in [6.07, 6.45) is 5.60. The third-order valence-electron chi connectivity index (χ3n) is 5.11. The van der Waals surface area contributed by atoms with Crippen LogP contribution in [0, 0.1) is 5.92 Å². The van der Waals surface area contributed by atoms with E-state index in [2.05, 4.69) is 20.7 Å². The molecule has 2 N–H and O–H groups in total. The molecule has 154 valence electrons. The molecule has 3 heterocycles. The lowest BCUT2D eigenvalue weighted by Crippen LogP contribution is -2.37. The fourth-order valence-electron chi connectivity index (χ4n) is 3.71. The summed E-state index contributed by atoms with van der Waals surface area (Å²) in [7, 11) is 1.90. The van der Waals surface area contributed by atoms with Crippen LogP contribution >= 0.6 is 24.8 Å². The quantitative estimate of drug-likeness (QED) is 0.648. The predicted molar refractivity (Wildman–Crippen MR) is 117 cm³/mol. The van der Waals surface area contributed by atoms with E-state index in [-0.39, 0.29) is 48.6 Å². The van der Waals surface area contributed by atoms with E-state index < -0.39 is 0 Å². The number of carbonyl (C=O) groups excluding carboxylic acids is 1. The Hall–Kier alpha value is -2.41. The Morgan fingerprint density at radius 3 is 2.55 bits per heavy atom. The molecule has 4 rings (SSSR count). The van der Waals surface area contributed by atoms with Crippen LogP contribution < -0.4 is 10.6 Å². The SMILES string of the molecule is Cl.Cl.Cn1cc([C@H]2CNC[C@@H]2C(=O)NC(c2ccccc2)c2ccccn2)cn1. The van der Waals surface area contributed by atoms with Gasteiger partial charge in [0.25, 0.3) is 0 Å². The van der Waals surface area contributed by atoms with Crippen molar-refractivity contribution in [1.82, 2.24) is 25.4 Å². The van der Waals surface area contributed by atoms with E-state index in [1.165, 1.54) is 0 Å². The van der Waals surface area contributed by atoms with Gasteiger partial charge >= 0.3 is 0 Å². The smallest absolute Gasteiger partial charge is 0.225 e. The highest BCUT2D eigenvalue weighted by Gasteiger charge is 2.36. The van der Waals surface area contributed by atoms with Crippen molar-refractivity contribution in [2.45, 2.75) is 12.0 Å². The minimum Gasteiger partial charge on any atom is -0.343 e. The second-order valence-corrected chi connectivity index (χ2v) is 6.93. The summed E-state index contributed by atoms with van der Waals surface area (Å²) in [5, 5.41) is 10.8. The van der Waals surface area contributed by atoms with Crippen LogP contribution in [0.5, 0.6) is 0 Å². The van der Waals surface area contributed by atoms with Crippen LogP contribution in [0.15, 0.2) is 67.1 Å². The van der Waals surface area contributed by atoms with Crippen LogP contribution in [0.2, 0.25) is 0 Å². The maximum absolute atomic E-state index is 13.2. The highest BCUT2D eigenvalue weighted by Crippen LogP contribution is 2.29. The van der Waals surface area contributed by atoms with Gasteiger partial charge in [0.15, 0.2) is 0 Å². The molecule has 29 heavy (non-hydrogen) atoms. The normalized spacial score (nSPS) is 18.9. The van der Waals surface area contributed by atoms with Crippen LogP contribution in [0.25, 0.3) is 0 Å². The summed E-state index contributed by atoms with van der Waals surface area (Å²) in [5.41, 5.74) is 2.95. The van der Waals surface area contributed by atoms with Crippen LogP contribution in [0.3, 0.4) is 0 Å². The molecular weight excluding hydrogens is 409 g/mol. The zero-order valence-electron chi connectivity index (χ0n) is 16.1. The fourth-order valence-corrected chi connectivity index (χ4v) is 3.71. The Morgan fingerprint density at radius 1 is 1.14 bits per heavy atom. The zero-order chi connectivity index (χ0) is 18.6. The monoisotopic (exact) mass is 433 g/mol. The Bertz CT molecular complexity index is 864. The van der Waals surface area contributed by atoms with E-state index >= 15 is 0 Å². The van der Waals surface area contributed by atoms with Gasteiger partial charge in [0.2, 0.25) is 5.91 Å². The van der Waals surface area contributed by atoms with E-state index in [0.717, 1.165) is 23.4 Å². The van der Waals surface area contributed by atoms with E-state index in [9.17, 15) is 4.79 Å². The maximum Gasteiger partial charge on any atom is 0.225 e. The number of pyridine rings is 1. The summed E-state index contributed by atoms with van der Waals surface area (Å²) < 4.78 is 1.78. The number of rotatable bonds is 5. The molecule has 2 aromatic heterocycles. The molecule has 0 radical (unpaired) electrons. The average Bonchev–Trinajstić information content (AvgIpc) is 3.36. The summed E-state index contributed by atoms with van der Waals surface area (Å²) in [6.45, 7) is 1.44. The number of benzene rings is 1. The Labute approximate surface area is 182 Å². The molecule has 1 amide bonds. The predicted octanol–water partition coefficient (Wildman–Crippen LogP) is 2.87. The number of hydrogen-bond donors (Lipinski definition) is 2. The first-order valence-electron chi connectivity index (χ1n) is 9.18. The van der Waals surface area contributed by atoms with Crippen molar-refractivity contribution in [1.29, 1.82) is 0 Å². The van der Waals surface area contributed by atoms with E-state index in [1.807, 2.05) is 68.0 Å². The molecule has 0 spiro atoms. The summed E-state index contributed by atoms with van der Waals surface area (Å²) in [5.74, 6) is 0.0244. The topological polar surface area (TPSA) is 71.8 Å². The zero-order valence-corrected chi connectivity index (χ0v) is 17.7. The lowest BCUT2D eigenvalue weighted by Gasteiger charge is -2.23. The number of aryl methyl sites for hydroxylation is 1. The highest BCUT2D eigenvalue weighted by atomic mass is 35.5. The number of nitrogens with one attached hydrogen (secondary N) is 2. The third kappa shape index (κ3) is 5.15. The first-order valence-corrected chi connectivity index (χ1v) is 9.18. The first kappa shape index (κ1) is 22.9. The van der Waals surface area contributed by atoms with Gasteiger partial charge in [0, 0.05) is 38.4 Å². The van der Waals surface area contributed by atoms with Crippen LogP contribution in [0.1, 0.15) is 28.8 Å². The van der Waals surface area contributed by atoms with Gasteiger partial charge in [0.1, 0.15) is 0 Å². The third-order valence-corrected chi connectivity index (χ3v) is 5.11. The average molecular weight is 434 g/mol. The molecule has 3 atom stereocenters. The van der Waals surface area contributed by atoms with E-state index in [0.29, 0.717) is 6.54 Å². The molecule has 1 aliphatic rings. The number of carbonyl (C=O) groups is 1. The molecule has 0 aliphatic carbocycles.